The average molecular weight is 279 g/mol. The normalized spacial score (nSPS) is 12.3. The number of hydrogen-bond acceptors (Lipinski definition) is 3. The van der Waals surface area contributed by atoms with Crippen LogP contribution in [0.1, 0.15) is 30.8 Å². The Morgan fingerprint density at radius 2 is 2.00 bits per heavy atom. The van der Waals surface area contributed by atoms with E-state index in [1.54, 1.807) is 0 Å². The summed E-state index contributed by atoms with van der Waals surface area (Å²) in [5.41, 5.74) is -2.45. The van der Waals surface area contributed by atoms with Gasteiger partial charge in [0.2, 0.25) is 5.91 Å². The Morgan fingerprint density at radius 1 is 1.42 bits per heavy atom. The minimum atomic E-state index is -4.51. The third kappa shape index (κ3) is 3.70. The van der Waals surface area contributed by atoms with Gasteiger partial charge in [-0.1, -0.05) is 13.8 Å². The van der Waals surface area contributed by atoms with Gasteiger partial charge in [0.15, 0.2) is 5.82 Å². The van der Waals surface area contributed by atoms with Crippen molar-refractivity contribution < 1.29 is 27.9 Å². The number of rotatable bonds is 4. The number of amides is 1. The fourth-order valence-electron chi connectivity index (χ4n) is 1.18. The van der Waals surface area contributed by atoms with E-state index in [1.807, 2.05) is 0 Å². The van der Waals surface area contributed by atoms with Crippen molar-refractivity contribution in [2.75, 3.05) is 5.32 Å². The molecular formula is C10H12F3N3O3. The van der Waals surface area contributed by atoms with Gasteiger partial charge in [-0.3, -0.25) is 9.89 Å². The Bertz CT molecular complexity index is 494. The van der Waals surface area contributed by atoms with Crippen LogP contribution in [0.4, 0.5) is 19.0 Å². The molecule has 3 N–H and O–H groups in total. The molecule has 1 amide bonds. The first-order chi connectivity index (χ1) is 8.53. The molecule has 1 heterocycles. The van der Waals surface area contributed by atoms with Gasteiger partial charge >= 0.3 is 12.1 Å². The third-order valence-electron chi connectivity index (χ3n) is 2.45. The van der Waals surface area contributed by atoms with Gasteiger partial charge in [0.1, 0.15) is 5.69 Å². The largest absolute Gasteiger partial charge is 0.477 e. The van der Waals surface area contributed by atoms with Gasteiger partial charge in [0.05, 0.1) is 5.41 Å². The lowest BCUT2D eigenvalue weighted by Gasteiger charge is -2.26. The van der Waals surface area contributed by atoms with Crippen LogP contribution in [0.2, 0.25) is 0 Å². The van der Waals surface area contributed by atoms with Crippen LogP contribution in [-0.4, -0.2) is 33.4 Å². The number of aromatic carboxylic acids is 1. The monoisotopic (exact) mass is 279 g/mol. The number of hydrogen-bond donors (Lipinski definition) is 3. The maximum absolute atomic E-state index is 12.6. The summed E-state index contributed by atoms with van der Waals surface area (Å²) in [7, 11) is 0. The number of aromatic nitrogens is 2. The summed E-state index contributed by atoms with van der Waals surface area (Å²) in [5.74, 6) is -2.32. The first-order valence-electron chi connectivity index (χ1n) is 5.18. The molecule has 0 unspecified atom stereocenters. The van der Waals surface area contributed by atoms with Crippen LogP contribution in [-0.2, 0) is 4.79 Å². The number of halogens is 3. The summed E-state index contributed by atoms with van der Waals surface area (Å²) in [6.07, 6.45) is -5.30. The Kier molecular flexibility index (Phi) is 3.87. The third-order valence-corrected chi connectivity index (χ3v) is 2.45. The summed E-state index contributed by atoms with van der Waals surface area (Å²) in [6, 6.07) is 1.01. The molecule has 0 bridgehead atoms. The zero-order chi connectivity index (χ0) is 14.8. The zero-order valence-electron chi connectivity index (χ0n) is 10.1. The number of anilines is 1. The number of alkyl halides is 3. The second-order valence-electron chi connectivity index (χ2n) is 4.58. The van der Waals surface area contributed by atoms with E-state index < -0.39 is 29.9 Å². The molecule has 0 aliphatic carbocycles. The number of carboxylic acid groups (broad SMARTS) is 1. The van der Waals surface area contributed by atoms with Crippen molar-refractivity contribution in [3.8, 4) is 0 Å². The molecule has 0 aliphatic heterocycles. The molecule has 1 aromatic heterocycles. The van der Waals surface area contributed by atoms with Gasteiger partial charge in [-0.25, -0.2) is 4.79 Å². The van der Waals surface area contributed by atoms with E-state index in [4.69, 9.17) is 5.11 Å². The highest BCUT2D eigenvalue weighted by molar-refractivity contribution is 5.92. The van der Waals surface area contributed by atoms with Gasteiger partial charge in [0, 0.05) is 12.5 Å². The SMILES string of the molecule is CC(C)(CC(=O)Nc1cc(C(=O)O)[nH]n1)C(F)(F)F. The lowest BCUT2D eigenvalue weighted by atomic mass is 9.88. The Labute approximate surface area is 106 Å². The summed E-state index contributed by atoms with van der Waals surface area (Å²) in [4.78, 5) is 22.0. The maximum Gasteiger partial charge on any atom is 0.394 e. The minimum Gasteiger partial charge on any atom is -0.477 e. The molecule has 0 radical (unpaired) electrons. The molecule has 9 heteroatoms. The van der Waals surface area contributed by atoms with Crippen LogP contribution in [0.3, 0.4) is 0 Å². The van der Waals surface area contributed by atoms with E-state index in [2.05, 4.69) is 15.5 Å². The highest BCUT2D eigenvalue weighted by atomic mass is 19.4. The Morgan fingerprint density at radius 3 is 2.42 bits per heavy atom. The van der Waals surface area contributed by atoms with Crippen LogP contribution in [0.5, 0.6) is 0 Å². The number of H-pyrrole nitrogens is 1. The maximum atomic E-state index is 12.6. The molecular weight excluding hydrogens is 267 g/mol. The fraction of sp³-hybridized carbons (Fsp3) is 0.500. The van der Waals surface area contributed by atoms with Crippen molar-refractivity contribution in [3.05, 3.63) is 11.8 Å². The van der Waals surface area contributed by atoms with E-state index in [0.717, 1.165) is 19.9 Å². The Balaban J connectivity index is 2.68. The number of nitrogens with zero attached hydrogens (tertiary/aromatic N) is 1. The lowest BCUT2D eigenvalue weighted by Crippen LogP contribution is -2.35. The minimum absolute atomic E-state index is 0.139. The number of nitrogens with one attached hydrogen (secondary N) is 2. The predicted molar refractivity (Wildman–Crippen MR) is 58.6 cm³/mol. The van der Waals surface area contributed by atoms with Crippen LogP contribution < -0.4 is 5.32 Å². The lowest BCUT2D eigenvalue weighted by molar-refractivity contribution is -0.213. The smallest absolute Gasteiger partial charge is 0.394 e. The molecule has 106 valence electrons. The number of carboxylic acids is 1. The molecule has 0 aromatic carbocycles. The van der Waals surface area contributed by atoms with Crippen molar-refractivity contribution in [3.63, 3.8) is 0 Å². The van der Waals surface area contributed by atoms with E-state index >= 15 is 0 Å². The summed E-state index contributed by atoms with van der Waals surface area (Å²) in [6.45, 7) is 1.81. The number of carbonyl (C=O) groups excluding carboxylic acids is 1. The second-order valence-corrected chi connectivity index (χ2v) is 4.58. The second kappa shape index (κ2) is 4.90. The van der Waals surface area contributed by atoms with Gasteiger partial charge in [-0.15, -0.1) is 0 Å². The standard InChI is InChI=1S/C10H12F3N3O3/c1-9(2,10(11,12)13)4-7(17)14-6-3-5(8(18)19)15-16-6/h3H,4H2,1-2H3,(H,18,19)(H2,14,15,16,17). The van der Waals surface area contributed by atoms with E-state index in [-0.39, 0.29) is 11.5 Å². The van der Waals surface area contributed by atoms with Crippen molar-refractivity contribution in [2.45, 2.75) is 26.4 Å². The quantitative estimate of drug-likeness (QED) is 0.785. The van der Waals surface area contributed by atoms with Crippen LogP contribution in [0.25, 0.3) is 0 Å². The molecule has 1 aromatic rings. The molecule has 0 atom stereocenters. The van der Waals surface area contributed by atoms with E-state index in [9.17, 15) is 22.8 Å². The molecule has 6 nitrogen and oxygen atoms in total. The molecule has 0 spiro atoms. The summed E-state index contributed by atoms with van der Waals surface area (Å²) < 4.78 is 37.7. The predicted octanol–water partition coefficient (Wildman–Crippen LogP) is 2.02. The van der Waals surface area contributed by atoms with E-state index in [1.165, 1.54) is 0 Å². The van der Waals surface area contributed by atoms with Crippen molar-refractivity contribution in [1.82, 2.24) is 10.2 Å². The summed E-state index contributed by atoms with van der Waals surface area (Å²) in [5, 5.41) is 16.3. The van der Waals surface area contributed by atoms with Gasteiger partial charge in [0.25, 0.3) is 0 Å². The molecule has 1 rings (SSSR count). The number of aromatic amines is 1. The number of carbonyl (C=O) groups is 2. The van der Waals surface area contributed by atoms with Gasteiger partial charge < -0.3 is 10.4 Å². The van der Waals surface area contributed by atoms with Gasteiger partial charge in [-0.2, -0.15) is 18.3 Å². The van der Waals surface area contributed by atoms with Crippen LogP contribution >= 0.6 is 0 Å². The van der Waals surface area contributed by atoms with Crippen LogP contribution in [0, 0.1) is 5.41 Å². The van der Waals surface area contributed by atoms with Crippen molar-refractivity contribution >= 4 is 17.7 Å². The average Bonchev–Trinajstić information content (AvgIpc) is 2.63. The molecule has 0 aliphatic rings. The first kappa shape index (κ1) is 15.0. The van der Waals surface area contributed by atoms with Gasteiger partial charge in [-0.05, 0) is 0 Å². The first-order valence-corrected chi connectivity index (χ1v) is 5.18. The highest BCUT2D eigenvalue weighted by Gasteiger charge is 2.48. The van der Waals surface area contributed by atoms with E-state index in [0.29, 0.717) is 0 Å². The van der Waals surface area contributed by atoms with Crippen LogP contribution in [0.15, 0.2) is 6.07 Å². The molecule has 0 saturated carbocycles. The van der Waals surface area contributed by atoms with Crippen molar-refractivity contribution in [1.29, 1.82) is 0 Å². The highest BCUT2D eigenvalue weighted by Crippen LogP contribution is 2.40. The van der Waals surface area contributed by atoms with Crippen molar-refractivity contribution in [2.24, 2.45) is 5.41 Å². The molecule has 19 heavy (non-hydrogen) atoms. The Hall–Kier alpha value is -2.06. The summed E-state index contributed by atoms with van der Waals surface area (Å²) >= 11 is 0. The topological polar surface area (TPSA) is 95.1 Å². The molecule has 0 saturated heterocycles. The molecule has 0 fully saturated rings. The zero-order valence-corrected chi connectivity index (χ0v) is 10.1. The fourth-order valence-corrected chi connectivity index (χ4v) is 1.18.